The molecular formula is C18H41N3. The molecule has 0 atom stereocenters. The molecule has 0 heterocycles. The molecule has 0 radical (unpaired) electrons. The summed E-state index contributed by atoms with van der Waals surface area (Å²) in [5.74, 6) is 0. The van der Waals surface area contributed by atoms with Crippen LogP contribution in [0.3, 0.4) is 0 Å². The molecule has 0 amide bonds. The van der Waals surface area contributed by atoms with E-state index in [9.17, 15) is 0 Å². The minimum absolute atomic E-state index is 1.17. The van der Waals surface area contributed by atoms with Gasteiger partial charge in [-0.2, -0.15) is 0 Å². The van der Waals surface area contributed by atoms with Crippen molar-refractivity contribution >= 4 is 0 Å². The lowest BCUT2D eigenvalue weighted by Gasteiger charge is -2.19. The highest BCUT2D eigenvalue weighted by atomic mass is 15.1. The van der Waals surface area contributed by atoms with Crippen molar-refractivity contribution < 1.29 is 0 Å². The Kier molecular flexibility index (Phi) is 16.2. The van der Waals surface area contributed by atoms with Crippen LogP contribution in [-0.2, 0) is 0 Å². The molecule has 0 saturated carbocycles. The van der Waals surface area contributed by atoms with Crippen molar-refractivity contribution in [3.05, 3.63) is 0 Å². The van der Waals surface area contributed by atoms with E-state index in [0.29, 0.717) is 0 Å². The zero-order valence-electron chi connectivity index (χ0n) is 15.3. The summed E-state index contributed by atoms with van der Waals surface area (Å²) in [6.07, 6.45) is 9.39. The van der Waals surface area contributed by atoms with Gasteiger partial charge in [0.2, 0.25) is 0 Å². The molecule has 3 heteroatoms. The van der Waals surface area contributed by atoms with Gasteiger partial charge in [-0.25, -0.2) is 0 Å². The van der Waals surface area contributed by atoms with Gasteiger partial charge >= 0.3 is 0 Å². The third-order valence-electron chi connectivity index (χ3n) is 4.23. The molecule has 0 aromatic heterocycles. The molecular weight excluding hydrogens is 258 g/mol. The molecule has 1 N–H and O–H groups in total. The summed E-state index contributed by atoms with van der Waals surface area (Å²) in [4.78, 5) is 5.03. The van der Waals surface area contributed by atoms with Gasteiger partial charge in [0.25, 0.3) is 0 Å². The highest BCUT2D eigenvalue weighted by Crippen LogP contribution is 2.02. The second-order valence-electron chi connectivity index (χ2n) is 6.20. The lowest BCUT2D eigenvalue weighted by atomic mass is 10.2. The van der Waals surface area contributed by atoms with E-state index in [4.69, 9.17) is 0 Å². The van der Waals surface area contributed by atoms with E-state index in [1.807, 2.05) is 0 Å². The Labute approximate surface area is 134 Å². The van der Waals surface area contributed by atoms with Crippen LogP contribution in [0.15, 0.2) is 0 Å². The number of hydrogen-bond donors (Lipinski definition) is 1. The van der Waals surface area contributed by atoms with Crippen molar-refractivity contribution in [2.45, 2.75) is 65.7 Å². The fourth-order valence-corrected chi connectivity index (χ4v) is 2.66. The first-order chi connectivity index (χ1) is 10.2. The van der Waals surface area contributed by atoms with Crippen molar-refractivity contribution in [1.82, 2.24) is 15.1 Å². The summed E-state index contributed by atoms with van der Waals surface area (Å²) >= 11 is 0. The Morgan fingerprint density at radius 3 is 1.81 bits per heavy atom. The van der Waals surface area contributed by atoms with Gasteiger partial charge in [-0.1, -0.05) is 33.6 Å². The van der Waals surface area contributed by atoms with Crippen molar-refractivity contribution in [1.29, 1.82) is 0 Å². The van der Waals surface area contributed by atoms with Crippen LogP contribution >= 0.6 is 0 Å². The maximum Gasteiger partial charge on any atom is -0.00190 e. The maximum atomic E-state index is 3.47. The molecule has 0 saturated heterocycles. The number of nitrogens with zero attached hydrogens (tertiary/aromatic N) is 2. The van der Waals surface area contributed by atoms with Gasteiger partial charge < -0.3 is 15.1 Å². The molecule has 0 unspecified atom stereocenters. The third-order valence-corrected chi connectivity index (χ3v) is 4.23. The Morgan fingerprint density at radius 2 is 1.24 bits per heavy atom. The highest BCUT2D eigenvalue weighted by molar-refractivity contribution is 4.57. The average Bonchev–Trinajstić information content (AvgIpc) is 2.50. The van der Waals surface area contributed by atoms with Gasteiger partial charge in [0, 0.05) is 0 Å². The van der Waals surface area contributed by atoms with Crippen LogP contribution in [-0.4, -0.2) is 62.7 Å². The fourth-order valence-electron chi connectivity index (χ4n) is 2.66. The highest BCUT2D eigenvalue weighted by Gasteiger charge is 2.00. The van der Waals surface area contributed by atoms with Crippen molar-refractivity contribution in [3.8, 4) is 0 Å². The Morgan fingerprint density at radius 1 is 0.667 bits per heavy atom. The maximum absolute atomic E-state index is 3.47. The molecule has 0 aliphatic heterocycles. The van der Waals surface area contributed by atoms with E-state index in [2.05, 4.69) is 42.9 Å². The minimum atomic E-state index is 1.17. The van der Waals surface area contributed by atoms with E-state index < -0.39 is 0 Å². The molecule has 128 valence electrons. The van der Waals surface area contributed by atoms with Gasteiger partial charge in [0.1, 0.15) is 0 Å². The predicted octanol–water partition coefficient (Wildman–Crippen LogP) is 3.60. The molecule has 0 aliphatic carbocycles. The Hall–Kier alpha value is -0.120. The van der Waals surface area contributed by atoms with Gasteiger partial charge in [0.15, 0.2) is 0 Å². The molecule has 0 fully saturated rings. The first-order valence-electron chi connectivity index (χ1n) is 9.36. The largest absolute Gasteiger partial charge is 0.317 e. The number of unbranched alkanes of at least 4 members (excludes halogenated alkanes) is 4. The summed E-state index contributed by atoms with van der Waals surface area (Å²) in [6, 6.07) is 0. The zero-order chi connectivity index (χ0) is 15.8. The number of rotatable bonds is 16. The summed E-state index contributed by atoms with van der Waals surface area (Å²) in [5, 5.41) is 3.47. The van der Waals surface area contributed by atoms with E-state index in [0.717, 1.165) is 0 Å². The standard InChI is InChI=1S/C18H41N3/c1-5-14-19-15-10-8-11-16-20(4)17-12-9-13-18-21(6-2)7-3/h19H,5-18H2,1-4H3. The van der Waals surface area contributed by atoms with Gasteiger partial charge in [-0.3, -0.25) is 0 Å². The predicted molar refractivity (Wildman–Crippen MR) is 96.1 cm³/mol. The van der Waals surface area contributed by atoms with E-state index in [-0.39, 0.29) is 0 Å². The zero-order valence-corrected chi connectivity index (χ0v) is 15.3. The fraction of sp³-hybridized carbons (Fsp3) is 1.00. The van der Waals surface area contributed by atoms with Crippen LogP contribution in [0.25, 0.3) is 0 Å². The van der Waals surface area contributed by atoms with Gasteiger partial charge in [0.05, 0.1) is 0 Å². The van der Waals surface area contributed by atoms with Crippen molar-refractivity contribution in [2.24, 2.45) is 0 Å². The van der Waals surface area contributed by atoms with Crippen LogP contribution in [0.4, 0.5) is 0 Å². The Bertz CT molecular complexity index is 193. The molecule has 0 bridgehead atoms. The molecule has 0 aromatic rings. The monoisotopic (exact) mass is 299 g/mol. The quantitative estimate of drug-likeness (QED) is 0.439. The topological polar surface area (TPSA) is 18.5 Å². The van der Waals surface area contributed by atoms with E-state index >= 15 is 0 Å². The summed E-state index contributed by atoms with van der Waals surface area (Å²) in [5.41, 5.74) is 0. The lowest BCUT2D eigenvalue weighted by molar-refractivity contribution is 0.283. The molecule has 21 heavy (non-hydrogen) atoms. The summed E-state index contributed by atoms with van der Waals surface area (Å²) in [6.45, 7) is 15.3. The Balaban J connectivity index is 3.25. The van der Waals surface area contributed by atoms with E-state index in [1.165, 1.54) is 90.8 Å². The van der Waals surface area contributed by atoms with Crippen molar-refractivity contribution in [2.75, 3.05) is 52.9 Å². The average molecular weight is 300 g/mol. The van der Waals surface area contributed by atoms with Crippen LogP contribution in [0, 0.1) is 0 Å². The van der Waals surface area contributed by atoms with Crippen LogP contribution < -0.4 is 5.32 Å². The van der Waals surface area contributed by atoms with Gasteiger partial charge in [-0.15, -0.1) is 0 Å². The first kappa shape index (κ1) is 20.9. The number of nitrogens with one attached hydrogen (secondary N) is 1. The molecule has 0 aromatic carbocycles. The van der Waals surface area contributed by atoms with Crippen LogP contribution in [0.5, 0.6) is 0 Å². The third kappa shape index (κ3) is 14.6. The smallest absolute Gasteiger partial charge is 0.00190 e. The minimum Gasteiger partial charge on any atom is -0.317 e. The van der Waals surface area contributed by atoms with Gasteiger partial charge in [-0.05, 0) is 85.0 Å². The summed E-state index contributed by atoms with van der Waals surface area (Å²) in [7, 11) is 2.28. The second-order valence-corrected chi connectivity index (χ2v) is 6.20. The van der Waals surface area contributed by atoms with Crippen LogP contribution in [0.1, 0.15) is 65.7 Å². The SMILES string of the molecule is CCCNCCCCCN(C)CCCCCN(CC)CC. The van der Waals surface area contributed by atoms with E-state index in [1.54, 1.807) is 0 Å². The van der Waals surface area contributed by atoms with Crippen LogP contribution in [0.2, 0.25) is 0 Å². The molecule has 0 aliphatic rings. The lowest BCUT2D eigenvalue weighted by Crippen LogP contribution is -2.24. The number of hydrogen-bond acceptors (Lipinski definition) is 3. The second kappa shape index (κ2) is 16.3. The van der Waals surface area contributed by atoms with Crippen molar-refractivity contribution in [3.63, 3.8) is 0 Å². The molecule has 0 rings (SSSR count). The first-order valence-corrected chi connectivity index (χ1v) is 9.36. The molecule has 0 spiro atoms. The summed E-state index contributed by atoms with van der Waals surface area (Å²) < 4.78 is 0. The normalized spacial score (nSPS) is 11.7. The molecule has 3 nitrogen and oxygen atoms in total.